The monoisotopic (exact) mass is 460 g/mol. The van der Waals surface area contributed by atoms with E-state index in [1.54, 1.807) is 36.4 Å². The van der Waals surface area contributed by atoms with Gasteiger partial charge in [-0.1, -0.05) is 12.1 Å². The number of Topliss-reactive ketones (excluding diaryl/α,β-unsaturated/α-hetero) is 1. The normalized spacial score (nSPS) is 17.6. The van der Waals surface area contributed by atoms with Crippen molar-refractivity contribution in [3.8, 4) is 34.5 Å². The van der Waals surface area contributed by atoms with Crippen molar-refractivity contribution in [2.45, 2.75) is 12.3 Å². The minimum Gasteiger partial charge on any atom is -0.504 e. The number of carbonyl (C=O) groups is 2. The van der Waals surface area contributed by atoms with Gasteiger partial charge in [0.15, 0.2) is 28.8 Å². The molecule has 0 saturated heterocycles. The van der Waals surface area contributed by atoms with Crippen LogP contribution < -0.4 is 18.9 Å². The lowest BCUT2D eigenvalue weighted by atomic mass is 9.84. The fraction of sp³-hybridized carbons (Fsp3) is 0.154. The lowest BCUT2D eigenvalue weighted by molar-refractivity contribution is -0.135. The van der Waals surface area contributed by atoms with E-state index in [0.717, 1.165) is 0 Å². The van der Waals surface area contributed by atoms with Crippen LogP contribution in [0.4, 0.5) is 0 Å². The number of fused-ring (bicyclic) bond motifs is 3. The minimum absolute atomic E-state index is 0.0254. The molecule has 0 aromatic heterocycles. The molecule has 0 saturated carbocycles. The van der Waals surface area contributed by atoms with E-state index in [2.05, 4.69) is 0 Å². The zero-order valence-corrected chi connectivity index (χ0v) is 18.3. The van der Waals surface area contributed by atoms with Crippen molar-refractivity contribution in [2.24, 2.45) is 0 Å². The molecule has 0 radical (unpaired) electrons. The Kier molecular flexibility index (Phi) is 5.13. The summed E-state index contributed by atoms with van der Waals surface area (Å²) in [7, 11) is 2.89. The molecule has 2 aliphatic rings. The van der Waals surface area contributed by atoms with Crippen LogP contribution in [0.3, 0.4) is 0 Å². The minimum atomic E-state index is -0.474. The summed E-state index contributed by atoms with van der Waals surface area (Å²) in [6, 6.07) is 12.7. The molecule has 0 unspecified atom stereocenters. The van der Waals surface area contributed by atoms with Crippen molar-refractivity contribution in [1.82, 2.24) is 0 Å². The van der Waals surface area contributed by atoms with Crippen molar-refractivity contribution in [3.63, 3.8) is 0 Å². The fourth-order valence-electron chi connectivity index (χ4n) is 4.25. The van der Waals surface area contributed by atoms with Gasteiger partial charge in [0.2, 0.25) is 5.78 Å². The number of rotatable bonds is 4. The molecule has 3 aromatic rings. The Balaban J connectivity index is 1.59. The molecule has 0 bridgehead atoms. The number of phenols is 2. The van der Waals surface area contributed by atoms with Gasteiger partial charge in [-0.05, 0) is 53.6 Å². The van der Waals surface area contributed by atoms with Crippen molar-refractivity contribution in [3.05, 3.63) is 76.5 Å². The summed E-state index contributed by atoms with van der Waals surface area (Å²) in [5.41, 5.74) is 2.17. The van der Waals surface area contributed by atoms with E-state index >= 15 is 0 Å². The van der Waals surface area contributed by atoms with Crippen LogP contribution in [0.15, 0.2) is 54.3 Å². The summed E-state index contributed by atoms with van der Waals surface area (Å²) in [6.07, 6.45) is 1.56. The van der Waals surface area contributed by atoms with Crippen molar-refractivity contribution >= 4 is 17.8 Å². The van der Waals surface area contributed by atoms with Gasteiger partial charge >= 0.3 is 5.97 Å². The molecular weight excluding hydrogens is 440 g/mol. The number of allylic oxidation sites excluding steroid dienone is 1. The van der Waals surface area contributed by atoms with E-state index in [9.17, 15) is 19.8 Å². The Morgan fingerprint density at radius 3 is 2.44 bits per heavy atom. The Morgan fingerprint density at radius 1 is 0.912 bits per heavy atom. The van der Waals surface area contributed by atoms with Crippen LogP contribution in [0.1, 0.15) is 39.4 Å². The Labute approximate surface area is 194 Å². The third kappa shape index (κ3) is 3.49. The van der Waals surface area contributed by atoms with Crippen LogP contribution in [0, 0.1) is 0 Å². The predicted octanol–water partition coefficient (Wildman–Crippen LogP) is 4.17. The lowest BCUT2D eigenvalue weighted by Gasteiger charge is -2.26. The van der Waals surface area contributed by atoms with Gasteiger partial charge in [-0.15, -0.1) is 0 Å². The Morgan fingerprint density at radius 2 is 1.71 bits per heavy atom. The molecule has 34 heavy (non-hydrogen) atoms. The van der Waals surface area contributed by atoms with E-state index < -0.39 is 11.9 Å². The Bertz CT molecular complexity index is 1370. The molecule has 2 heterocycles. The summed E-state index contributed by atoms with van der Waals surface area (Å²) in [5.74, 6) is -0.0306. The molecule has 0 spiro atoms. The number of hydrogen-bond acceptors (Lipinski definition) is 8. The summed E-state index contributed by atoms with van der Waals surface area (Å²) in [4.78, 5) is 25.4. The van der Waals surface area contributed by atoms with E-state index in [0.29, 0.717) is 39.5 Å². The number of ether oxygens (including phenoxy) is 4. The van der Waals surface area contributed by atoms with Gasteiger partial charge in [0.05, 0.1) is 26.2 Å². The topological polar surface area (TPSA) is 112 Å². The molecule has 8 heteroatoms. The highest BCUT2D eigenvalue weighted by Crippen LogP contribution is 2.49. The first kappa shape index (κ1) is 21.4. The van der Waals surface area contributed by atoms with Crippen LogP contribution in [0.5, 0.6) is 34.5 Å². The van der Waals surface area contributed by atoms with Gasteiger partial charge in [0.1, 0.15) is 11.5 Å². The van der Waals surface area contributed by atoms with Gasteiger partial charge in [-0.2, -0.15) is 0 Å². The predicted molar refractivity (Wildman–Crippen MR) is 121 cm³/mol. The zero-order valence-electron chi connectivity index (χ0n) is 18.3. The second kappa shape index (κ2) is 8.15. The number of hydrogen-bond donors (Lipinski definition) is 2. The maximum Gasteiger partial charge on any atom is 0.312 e. The van der Waals surface area contributed by atoms with Crippen LogP contribution in [0.25, 0.3) is 6.08 Å². The van der Waals surface area contributed by atoms with Gasteiger partial charge < -0.3 is 29.2 Å². The molecule has 0 amide bonds. The smallest absolute Gasteiger partial charge is 0.312 e. The van der Waals surface area contributed by atoms with Gasteiger partial charge in [0, 0.05) is 11.5 Å². The van der Waals surface area contributed by atoms with Gasteiger partial charge in [-0.3, -0.25) is 9.59 Å². The van der Waals surface area contributed by atoms with Crippen molar-refractivity contribution in [1.29, 1.82) is 0 Å². The van der Waals surface area contributed by atoms with Crippen LogP contribution in [0.2, 0.25) is 0 Å². The third-order valence-electron chi connectivity index (χ3n) is 5.89. The maximum absolute atomic E-state index is 13.1. The molecule has 0 fully saturated rings. The number of carbonyl (C=O) groups excluding carboxylic acids is 2. The second-order valence-electron chi connectivity index (χ2n) is 7.89. The first-order valence-electron chi connectivity index (χ1n) is 10.4. The number of ketones is 1. The molecule has 5 rings (SSSR count). The number of methoxy groups -OCH3 is 2. The quantitative estimate of drug-likeness (QED) is 0.339. The zero-order chi connectivity index (χ0) is 24.0. The maximum atomic E-state index is 13.1. The molecule has 8 nitrogen and oxygen atoms in total. The van der Waals surface area contributed by atoms with Crippen molar-refractivity contribution < 1.29 is 38.7 Å². The first-order valence-corrected chi connectivity index (χ1v) is 10.4. The van der Waals surface area contributed by atoms with Crippen LogP contribution >= 0.6 is 0 Å². The lowest BCUT2D eigenvalue weighted by Crippen LogP contribution is -2.21. The van der Waals surface area contributed by atoms with E-state index in [1.165, 1.54) is 32.4 Å². The number of esters is 1. The highest BCUT2D eigenvalue weighted by molar-refractivity contribution is 6.15. The average molecular weight is 460 g/mol. The fourth-order valence-corrected chi connectivity index (χ4v) is 4.25. The molecule has 2 aliphatic heterocycles. The highest BCUT2D eigenvalue weighted by atomic mass is 16.5. The largest absolute Gasteiger partial charge is 0.504 e. The van der Waals surface area contributed by atoms with Crippen LogP contribution in [-0.4, -0.2) is 36.2 Å². The second-order valence-corrected chi connectivity index (χ2v) is 7.89. The van der Waals surface area contributed by atoms with E-state index in [1.807, 2.05) is 0 Å². The highest BCUT2D eigenvalue weighted by Gasteiger charge is 2.38. The van der Waals surface area contributed by atoms with E-state index in [-0.39, 0.29) is 35.2 Å². The summed E-state index contributed by atoms with van der Waals surface area (Å²) >= 11 is 0. The molecule has 0 aliphatic carbocycles. The first-order chi connectivity index (χ1) is 16.4. The van der Waals surface area contributed by atoms with Crippen LogP contribution in [-0.2, 0) is 4.79 Å². The van der Waals surface area contributed by atoms with Gasteiger partial charge in [-0.25, -0.2) is 0 Å². The average Bonchev–Trinajstić information content (AvgIpc) is 3.14. The molecular formula is C26H20O8. The molecule has 2 N–H and O–H groups in total. The third-order valence-corrected chi connectivity index (χ3v) is 5.89. The molecule has 172 valence electrons. The summed E-state index contributed by atoms with van der Waals surface area (Å²) < 4.78 is 21.7. The summed E-state index contributed by atoms with van der Waals surface area (Å²) in [6.45, 7) is 0. The Hall–Kier alpha value is -4.46. The van der Waals surface area contributed by atoms with Gasteiger partial charge in [0.25, 0.3) is 0 Å². The standard InChI is InChI=1S/C26H20O8/c1-31-19-7-3-13(9-18(19)28)10-22-25(30)15-5-8-20-24(26(15)34-22)16(12-23(29)33-20)14-4-6-17(27)21(11-14)32-2/h3-11,16,27-28H,12H2,1-2H3/b22-10-/t16-/m1/s1. The number of phenolic OH excluding ortho intramolecular Hbond substituents is 2. The van der Waals surface area contributed by atoms with Crippen molar-refractivity contribution in [2.75, 3.05) is 14.2 Å². The summed E-state index contributed by atoms with van der Waals surface area (Å²) in [5, 5.41) is 20.0. The SMILES string of the molecule is COc1ccc(/C=C2\Oc3c(ccc4c3[C@@H](c3ccc(O)c(OC)c3)CC(=O)O4)C2=O)cc1O. The number of benzene rings is 3. The van der Waals surface area contributed by atoms with E-state index in [4.69, 9.17) is 18.9 Å². The number of aromatic hydroxyl groups is 2. The molecule has 3 aromatic carbocycles. The molecule has 1 atom stereocenters.